The van der Waals surface area contributed by atoms with Gasteiger partial charge in [0.2, 0.25) is 5.91 Å². The second-order valence-electron chi connectivity index (χ2n) is 5.24. The van der Waals surface area contributed by atoms with Crippen molar-refractivity contribution in [2.45, 2.75) is 13.1 Å². The summed E-state index contributed by atoms with van der Waals surface area (Å²) in [6, 6.07) is 11.4. The van der Waals surface area contributed by atoms with Gasteiger partial charge in [-0.15, -0.1) is 11.3 Å². The fraction of sp³-hybridized carbons (Fsp3) is 0.118. The molecule has 120 valence electrons. The van der Waals surface area contributed by atoms with Crippen LogP contribution in [0.3, 0.4) is 0 Å². The Morgan fingerprint density at radius 3 is 2.96 bits per heavy atom. The molecule has 0 unspecified atom stereocenters. The molecule has 24 heavy (non-hydrogen) atoms. The van der Waals surface area contributed by atoms with E-state index in [1.807, 2.05) is 40.3 Å². The Balaban J connectivity index is 1.62. The van der Waals surface area contributed by atoms with Crippen molar-refractivity contribution in [1.29, 1.82) is 0 Å². The first-order chi connectivity index (χ1) is 11.8. The summed E-state index contributed by atoms with van der Waals surface area (Å²) < 4.78 is 7.12. The Morgan fingerprint density at radius 2 is 2.17 bits per heavy atom. The zero-order valence-corrected chi connectivity index (χ0v) is 13.5. The molecule has 1 N–H and O–H groups in total. The number of rotatable bonds is 5. The molecule has 1 amide bonds. The Hall–Kier alpha value is -2.93. The summed E-state index contributed by atoms with van der Waals surface area (Å²) in [6.07, 6.45) is 1.59. The standard InChI is InChI=1S/C17H14N4O2S/c22-16(18-8-12-4-3-7-23-12)9-21-15-6-2-1-5-13(15)20-17(21)14-10-24-11-19-14/h1-7,10-11H,8-9H2,(H,18,22). The van der Waals surface area contributed by atoms with Gasteiger partial charge < -0.3 is 14.3 Å². The van der Waals surface area contributed by atoms with Gasteiger partial charge in [-0.3, -0.25) is 4.79 Å². The molecule has 0 radical (unpaired) electrons. The molecule has 4 rings (SSSR count). The third-order valence-corrected chi connectivity index (χ3v) is 4.24. The van der Waals surface area contributed by atoms with Gasteiger partial charge in [-0.2, -0.15) is 0 Å². The second-order valence-corrected chi connectivity index (χ2v) is 5.96. The number of fused-ring (bicyclic) bond motifs is 1. The Labute approximate surface area is 141 Å². The first kappa shape index (κ1) is 14.6. The topological polar surface area (TPSA) is 73.0 Å². The zero-order valence-electron chi connectivity index (χ0n) is 12.7. The number of hydrogen-bond donors (Lipinski definition) is 1. The lowest BCUT2D eigenvalue weighted by Crippen LogP contribution is -2.27. The van der Waals surface area contributed by atoms with Crippen molar-refractivity contribution in [1.82, 2.24) is 19.9 Å². The van der Waals surface area contributed by atoms with Gasteiger partial charge in [-0.1, -0.05) is 12.1 Å². The molecule has 0 saturated heterocycles. The van der Waals surface area contributed by atoms with E-state index in [0.29, 0.717) is 12.4 Å². The van der Waals surface area contributed by atoms with E-state index < -0.39 is 0 Å². The van der Waals surface area contributed by atoms with Gasteiger partial charge in [0.05, 0.1) is 29.4 Å². The number of thiazole rings is 1. The highest BCUT2D eigenvalue weighted by molar-refractivity contribution is 7.07. The van der Waals surface area contributed by atoms with E-state index >= 15 is 0 Å². The maximum absolute atomic E-state index is 12.4. The normalized spacial score (nSPS) is 11.0. The molecule has 4 aromatic rings. The lowest BCUT2D eigenvalue weighted by atomic mass is 10.3. The maximum atomic E-state index is 12.4. The Kier molecular flexibility index (Phi) is 3.84. The highest BCUT2D eigenvalue weighted by Crippen LogP contribution is 2.24. The zero-order chi connectivity index (χ0) is 16.4. The number of carbonyl (C=O) groups is 1. The minimum atomic E-state index is -0.106. The fourth-order valence-electron chi connectivity index (χ4n) is 2.55. The summed E-state index contributed by atoms with van der Waals surface area (Å²) >= 11 is 1.50. The van der Waals surface area contributed by atoms with E-state index in [1.54, 1.807) is 17.8 Å². The van der Waals surface area contributed by atoms with Gasteiger partial charge in [0.15, 0.2) is 5.82 Å². The summed E-state index contributed by atoms with van der Waals surface area (Å²) in [6.45, 7) is 0.540. The van der Waals surface area contributed by atoms with Gasteiger partial charge in [0.25, 0.3) is 0 Å². The number of nitrogens with one attached hydrogen (secondary N) is 1. The van der Waals surface area contributed by atoms with Crippen LogP contribution >= 0.6 is 11.3 Å². The SMILES string of the molecule is O=C(Cn1c(-c2cscn2)nc2ccccc21)NCc1ccco1. The third-order valence-electron chi connectivity index (χ3n) is 3.66. The molecular formula is C17H14N4O2S. The molecule has 0 fully saturated rings. The van der Waals surface area contributed by atoms with Crippen LogP contribution in [-0.4, -0.2) is 20.4 Å². The predicted molar refractivity (Wildman–Crippen MR) is 91.4 cm³/mol. The van der Waals surface area contributed by atoms with Gasteiger partial charge >= 0.3 is 0 Å². The molecule has 3 heterocycles. The van der Waals surface area contributed by atoms with Crippen molar-refractivity contribution in [2.24, 2.45) is 0 Å². The number of furan rings is 1. The van der Waals surface area contributed by atoms with Crippen LogP contribution in [0.1, 0.15) is 5.76 Å². The molecule has 0 aliphatic heterocycles. The van der Waals surface area contributed by atoms with Gasteiger partial charge in [-0.05, 0) is 24.3 Å². The molecule has 0 atom stereocenters. The minimum absolute atomic E-state index is 0.106. The first-order valence-electron chi connectivity index (χ1n) is 7.44. The maximum Gasteiger partial charge on any atom is 0.240 e. The van der Waals surface area contributed by atoms with Gasteiger partial charge in [-0.25, -0.2) is 9.97 Å². The summed E-state index contributed by atoms with van der Waals surface area (Å²) in [5, 5.41) is 4.79. The number of amides is 1. The molecule has 7 heteroatoms. The molecule has 3 aromatic heterocycles. The highest BCUT2D eigenvalue weighted by Gasteiger charge is 2.16. The highest BCUT2D eigenvalue weighted by atomic mass is 32.1. The largest absolute Gasteiger partial charge is 0.467 e. The average molecular weight is 338 g/mol. The van der Waals surface area contributed by atoms with E-state index in [4.69, 9.17) is 4.42 Å². The molecule has 0 spiro atoms. The van der Waals surface area contributed by atoms with Crippen LogP contribution in [0.2, 0.25) is 0 Å². The van der Waals surface area contributed by atoms with E-state index in [0.717, 1.165) is 22.5 Å². The summed E-state index contributed by atoms with van der Waals surface area (Å²) in [5.41, 5.74) is 4.29. The van der Waals surface area contributed by atoms with E-state index in [-0.39, 0.29) is 12.5 Å². The number of imidazole rings is 1. The molecule has 0 bridgehead atoms. The van der Waals surface area contributed by atoms with E-state index in [9.17, 15) is 4.79 Å². The third kappa shape index (κ3) is 2.81. The van der Waals surface area contributed by atoms with Crippen LogP contribution < -0.4 is 5.32 Å². The Morgan fingerprint density at radius 1 is 1.25 bits per heavy atom. The summed E-state index contributed by atoms with van der Waals surface area (Å²) in [4.78, 5) is 21.3. The first-order valence-corrected chi connectivity index (χ1v) is 8.38. The van der Waals surface area contributed by atoms with Crippen molar-refractivity contribution in [3.05, 3.63) is 59.3 Å². The van der Waals surface area contributed by atoms with Gasteiger partial charge in [0, 0.05) is 5.38 Å². The number of aromatic nitrogens is 3. The quantitative estimate of drug-likeness (QED) is 0.607. The monoisotopic (exact) mass is 338 g/mol. The van der Waals surface area contributed by atoms with Crippen molar-refractivity contribution < 1.29 is 9.21 Å². The van der Waals surface area contributed by atoms with Crippen LogP contribution in [0.25, 0.3) is 22.6 Å². The van der Waals surface area contributed by atoms with Crippen molar-refractivity contribution in [2.75, 3.05) is 0 Å². The van der Waals surface area contributed by atoms with E-state index in [2.05, 4.69) is 15.3 Å². The van der Waals surface area contributed by atoms with Crippen molar-refractivity contribution in [3.63, 3.8) is 0 Å². The number of benzene rings is 1. The van der Waals surface area contributed by atoms with Crippen LogP contribution in [0.15, 0.2) is 58.0 Å². The average Bonchev–Trinajstić information content (AvgIpc) is 3.34. The van der Waals surface area contributed by atoms with E-state index in [1.165, 1.54) is 11.3 Å². The fourth-order valence-corrected chi connectivity index (χ4v) is 3.08. The summed E-state index contributed by atoms with van der Waals surface area (Å²) in [5.74, 6) is 1.31. The summed E-state index contributed by atoms with van der Waals surface area (Å²) in [7, 11) is 0. The second kappa shape index (κ2) is 6.29. The molecule has 6 nitrogen and oxygen atoms in total. The van der Waals surface area contributed by atoms with Crippen LogP contribution in [-0.2, 0) is 17.9 Å². The number of para-hydroxylation sites is 2. The molecular weight excluding hydrogens is 324 g/mol. The van der Waals surface area contributed by atoms with Crippen LogP contribution in [0, 0.1) is 0 Å². The molecule has 1 aromatic carbocycles. The lowest BCUT2D eigenvalue weighted by molar-refractivity contribution is -0.121. The number of hydrogen-bond acceptors (Lipinski definition) is 5. The van der Waals surface area contributed by atoms with Crippen LogP contribution in [0.5, 0.6) is 0 Å². The molecule has 0 saturated carbocycles. The molecule has 0 aliphatic carbocycles. The van der Waals surface area contributed by atoms with Crippen molar-refractivity contribution in [3.8, 4) is 11.5 Å². The Bertz CT molecular complexity index is 958. The molecule has 0 aliphatic rings. The predicted octanol–water partition coefficient (Wildman–Crippen LogP) is 3.07. The minimum Gasteiger partial charge on any atom is -0.467 e. The lowest BCUT2D eigenvalue weighted by Gasteiger charge is -2.08. The number of nitrogens with zero attached hydrogens (tertiary/aromatic N) is 3. The smallest absolute Gasteiger partial charge is 0.240 e. The van der Waals surface area contributed by atoms with Crippen molar-refractivity contribution >= 4 is 28.3 Å². The van der Waals surface area contributed by atoms with Crippen LogP contribution in [0.4, 0.5) is 0 Å². The van der Waals surface area contributed by atoms with Gasteiger partial charge in [0.1, 0.15) is 18.0 Å². The number of carbonyl (C=O) groups excluding carboxylic acids is 1.